The fraction of sp³-hybridized carbons (Fsp3) is 0.500. The van der Waals surface area contributed by atoms with Crippen molar-refractivity contribution in [3.05, 3.63) is 0 Å². The van der Waals surface area contributed by atoms with E-state index in [0.717, 1.165) is 0 Å². The van der Waals surface area contributed by atoms with Crippen LogP contribution in [-0.2, 0) is 12.4 Å². The molecule has 4 nitrogen and oxygen atoms in total. The standard InChI is InChI=1S/C2H5NO2.Al.O/c3-1-2(4)5;;/h1,3H2,(H,4,5);;/q;+1;/p-1. The minimum absolute atomic E-state index is 0.199. The Morgan fingerprint density at radius 1 is 1.86 bits per heavy atom. The maximum atomic E-state index is 9.89. The first-order valence-corrected chi connectivity index (χ1v) is 2.58. The molecule has 0 aromatic heterocycles. The van der Waals surface area contributed by atoms with E-state index in [9.17, 15) is 8.60 Å². The Morgan fingerprint density at radius 3 is 2.57 bits per heavy atom. The molecule has 0 aliphatic heterocycles. The number of rotatable bonds is 2. The molecule has 0 rings (SSSR count). The van der Waals surface area contributed by atoms with E-state index >= 15 is 0 Å². The first-order chi connectivity index (χ1) is 3.31. The third-order valence-electron chi connectivity index (χ3n) is 0.346. The van der Waals surface area contributed by atoms with Crippen LogP contribution in [0.2, 0.25) is 0 Å². The Hall–Kier alpha value is -0.238. The first-order valence-electron chi connectivity index (χ1n) is 1.64. The van der Waals surface area contributed by atoms with Gasteiger partial charge in [0.2, 0.25) is 0 Å². The molecule has 5 heteroatoms. The molecule has 0 saturated carbocycles. The molecule has 0 aromatic rings. The summed E-state index contributed by atoms with van der Waals surface area (Å²) in [6.45, 7) is -0.199. The molecule has 0 saturated heterocycles. The number of nitrogens with two attached hydrogens (primary N) is 1. The Balaban J connectivity index is 3.17. The first kappa shape index (κ1) is 6.76. The van der Waals surface area contributed by atoms with Gasteiger partial charge in [-0.2, -0.15) is 0 Å². The predicted molar refractivity (Wildman–Crippen MR) is 21.6 cm³/mol. The molecule has 0 spiro atoms. The molecule has 0 atom stereocenters. The number of hydrogen-bond acceptors (Lipinski definition) is 4. The van der Waals surface area contributed by atoms with E-state index in [-0.39, 0.29) is 6.54 Å². The molecule has 0 aliphatic rings. The molecule has 0 fully saturated rings. The second-order valence-corrected chi connectivity index (χ2v) is 1.22. The van der Waals surface area contributed by atoms with Gasteiger partial charge in [0, 0.05) is 0 Å². The van der Waals surface area contributed by atoms with Crippen molar-refractivity contribution in [3.8, 4) is 0 Å². The molecule has 7 heavy (non-hydrogen) atoms. The number of carbonyl (C=O) groups excluding carboxylic acids is 1. The SMILES string of the molecule is NCC(=O)[O][Al]=[O]. The van der Waals surface area contributed by atoms with Crippen molar-refractivity contribution in [2.24, 2.45) is 5.73 Å². The van der Waals surface area contributed by atoms with Crippen LogP contribution >= 0.6 is 0 Å². The average molecular weight is 117 g/mol. The summed E-state index contributed by atoms with van der Waals surface area (Å²) in [6.07, 6.45) is 0. The van der Waals surface area contributed by atoms with E-state index in [0.29, 0.717) is 0 Å². The summed E-state index contributed by atoms with van der Waals surface area (Å²) in [6, 6.07) is 0. The van der Waals surface area contributed by atoms with Gasteiger partial charge in [-0.1, -0.05) is 0 Å². The van der Waals surface area contributed by atoms with Gasteiger partial charge in [0.15, 0.2) is 0 Å². The van der Waals surface area contributed by atoms with Crippen LogP contribution in [0.15, 0.2) is 0 Å². The zero-order valence-corrected chi connectivity index (χ0v) is 4.74. The molecule has 0 heterocycles. The third-order valence-corrected chi connectivity index (χ3v) is 0.705. The minimum atomic E-state index is -1.43. The van der Waals surface area contributed by atoms with Gasteiger partial charge in [0.05, 0.1) is 0 Å². The van der Waals surface area contributed by atoms with E-state index < -0.39 is 21.5 Å². The topological polar surface area (TPSA) is 69.4 Å². The van der Waals surface area contributed by atoms with Crippen molar-refractivity contribution >= 4 is 21.5 Å². The molecule has 0 amide bonds. The molecule has 0 bridgehead atoms. The summed E-state index contributed by atoms with van der Waals surface area (Å²) in [5, 5.41) is 0. The molecule has 0 aromatic carbocycles. The Bertz CT molecular complexity index is 83.0. The van der Waals surface area contributed by atoms with Gasteiger partial charge >= 0.3 is 46.1 Å². The third kappa shape index (κ3) is 3.60. The van der Waals surface area contributed by atoms with Crippen LogP contribution in [0.25, 0.3) is 0 Å². The molecule has 0 unspecified atom stereocenters. The fourth-order valence-corrected chi connectivity index (χ4v) is 0.305. The molecular weight excluding hydrogens is 113 g/mol. The predicted octanol–water partition coefficient (Wildman–Crippen LogP) is -1.55. The van der Waals surface area contributed by atoms with Gasteiger partial charge in [-0.25, -0.2) is 0 Å². The normalized spacial score (nSPS) is 7.00. The van der Waals surface area contributed by atoms with E-state index in [2.05, 4.69) is 3.79 Å². The van der Waals surface area contributed by atoms with E-state index in [1.54, 1.807) is 0 Å². The number of carbonyl (C=O) groups is 1. The number of hydrogen-bond donors (Lipinski definition) is 1. The van der Waals surface area contributed by atoms with Crippen molar-refractivity contribution < 1.29 is 12.4 Å². The second-order valence-electron chi connectivity index (χ2n) is 0.790. The molecule has 38 valence electrons. The molecular formula is C2H4AlNO3. The van der Waals surface area contributed by atoms with Crippen LogP contribution in [-0.4, -0.2) is 28.0 Å². The van der Waals surface area contributed by atoms with Crippen LogP contribution in [0.4, 0.5) is 0 Å². The van der Waals surface area contributed by atoms with Gasteiger partial charge in [0.25, 0.3) is 0 Å². The van der Waals surface area contributed by atoms with Crippen LogP contribution in [0.5, 0.6) is 0 Å². The zero-order chi connectivity index (χ0) is 5.70. The van der Waals surface area contributed by atoms with Crippen molar-refractivity contribution in [1.82, 2.24) is 0 Å². The van der Waals surface area contributed by atoms with E-state index in [4.69, 9.17) is 5.73 Å². The maximum absolute atomic E-state index is 9.89. The van der Waals surface area contributed by atoms with Gasteiger partial charge in [-0.05, 0) is 0 Å². The Kier molecular flexibility index (Phi) is 3.80. The van der Waals surface area contributed by atoms with Crippen molar-refractivity contribution in [2.45, 2.75) is 0 Å². The van der Waals surface area contributed by atoms with Gasteiger partial charge in [-0.15, -0.1) is 0 Å². The Morgan fingerprint density at radius 2 is 2.43 bits per heavy atom. The second kappa shape index (κ2) is 3.94. The Labute approximate surface area is 46.9 Å². The van der Waals surface area contributed by atoms with Crippen LogP contribution < -0.4 is 5.73 Å². The monoisotopic (exact) mass is 117 g/mol. The van der Waals surface area contributed by atoms with Gasteiger partial charge in [0.1, 0.15) is 0 Å². The van der Waals surface area contributed by atoms with Gasteiger partial charge < -0.3 is 0 Å². The zero-order valence-electron chi connectivity index (χ0n) is 3.59. The van der Waals surface area contributed by atoms with E-state index in [1.807, 2.05) is 0 Å². The summed E-state index contributed by atoms with van der Waals surface area (Å²) in [5.74, 6) is -0.620. The summed E-state index contributed by atoms with van der Waals surface area (Å²) in [7, 11) is 0. The van der Waals surface area contributed by atoms with Gasteiger partial charge in [-0.3, -0.25) is 0 Å². The van der Waals surface area contributed by atoms with Crippen LogP contribution in [0, 0.1) is 0 Å². The summed E-state index contributed by atoms with van der Waals surface area (Å²) >= 11 is -1.43. The molecule has 2 N–H and O–H groups in total. The quantitative estimate of drug-likeness (QED) is 0.444. The van der Waals surface area contributed by atoms with Crippen molar-refractivity contribution in [1.29, 1.82) is 0 Å². The summed E-state index contributed by atoms with van der Waals surface area (Å²) < 4.78 is 13.4. The molecule has 0 aliphatic carbocycles. The summed E-state index contributed by atoms with van der Waals surface area (Å²) in [4.78, 5) is 9.89. The van der Waals surface area contributed by atoms with Crippen molar-refractivity contribution in [3.63, 3.8) is 0 Å². The summed E-state index contributed by atoms with van der Waals surface area (Å²) in [5.41, 5.74) is 4.76. The average Bonchev–Trinajstić information content (AvgIpc) is 1.68. The van der Waals surface area contributed by atoms with Crippen LogP contribution in [0.3, 0.4) is 0 Å². The van der Waals surface area contributed by atoms with Crippen LogP contribution in [0.1, 0.15) is 0 Å². The fourth-order valence-electron chi connectivity index (χ4n) is 0.102. The van der Waals surface area contributed by atoms with E-state index in [1.165, 1.54) is 0 Å². The van der Waals surface area contributed by atoms with Crippen molar-refractivity contribution in [2.75, 3.05) is 6.54 Å². The molecule has 0 radical (unpaired) electrons.